The van der Waals surface area contributed by atoms with E-state index in [9.17, 15) is 9.90 Å². The van der Waals surface area contributed by atoms with Gasteiger partial charge in [-0.25, -0.2) is 0 Å². The highest BCUT2D eigenvalue weighted by Gasteiger charge is 2.18. The summed E-state index contributed by atoms with van der Waals surface area (Å²) in [7, 11) is 0. The zero-order valence-electron chi connectivity index (χ0n) is 18.1. The van der Waals surface area contributed by atoms with Crippen LogP contribution < -0.4 is 14.2 Å². The van der Waals surface area contributed by atoms with Gasteiger partial charge in [0.1, 0.15) is 11.5 Å². The molecule has 6 heteroatoms. The number of H-pyrrole nitrogens is 1. The Hall–Kier alpha value is -3.93. The summed E-state index contributed by atoms with van der Waals surface area (Å²) < 4.78 is 17.4. The van der Waals surface area contributed by atoms with Crippen LogP contribution in [0.1, 0.15) is 19.4 Å². The fourth-order valence-corrected chi connectivity index (χ4v) is 3.70. The largest absolute Gasteiger partial charge is 0.490 e. The van der Waals surface area contributed by atoms with Crippen LogP contribution in [0.4, 0.5) is 0 Å². The minimum atomic E-state index is -0.905. The van der Waals surface area contributed by atoms with Gasteiger partial charge < -0.3 is 24.3 Å². The minimum absolute atomic E-state index is 0.124. The van der Waals surface area contributed by atoms with E-state index in [1.165, 1.54) is 0 Å². The number of aromatic amines is 1. The Balaban J connectivity index is 1.80. The van der Waals surface area contributed by atoms with Crippen molar-refractivity contribution in [2.75, 3.05) is 13.2 Å². The molecule has 0 saturated carbocycles. The number of nitrogens with one attached hydrogen (secondary N) is 1. The molecule has 164 valence electrons. The second-order valence-electron chi connectivity index (χ2n) is 7.20. The SMILES string of the molecule is CCOc1ccc(-c2[nH]c3ccc(Oc4ccccc4)cc3c2CC(=O)O)cc1OCC. The van der Waals surface area contributed by atoms with Crippen LogP contribution >= 0.6 is 0 Å². The van der Waals surface area contributed by atoms with Crippen LogP contribution in [-0.2, 0) is 11.2 Å². The predicted molar refractivity (Wildman–Crippen MR) is 124 cm³/mol. The zero-order chi connectivity index (χ0) is 22.5. The molecule has 3 aromatic carbocycles. The summed E-state index contributed by atoms with van der Waals surface area (Å²) in [5.74, 6) is 1.74. The molecule has 2 N–H and O–H groups in total. The molecule has 0 atom stereocenters. The van der Waals surface area contributed by atoms with Gasteiger partial charge in [0.25, 0.3) is 0 Å². The van der Waals surface area contributed by atoms with Crippen molar-refractivity contribution in [3.8, 4) is 34.3 Å². The van der Waals surface area contributed by atoms with E-state index in [1.54, 1.807) is 0 Å². The van der Waals surface area contributed by atoms with Gasteiger partial charge in [-0.15, -0.1) is 0 Å². The molecule has 0 aliphatic rings. The van der Waals surface area contributed by atoms with Crippen molar-refractivity contribution in [2.45, 2.75) is 20.3 Å². The molecular formula is C26H25NO5. The average molecular weight is 431 g/mol. The van der Waals surface area contributed by atoms with Gasteiger partial charge in [-0.05, 0) is 67.9 Å². The van der Waals surface area contributed by atoms with E-state index in [0.29, 0.717) is 36.0 Å². The Morgan fingerprint density at radius 1 is 0.875 bits per heavy atom. The molecule has 0 spiro atoms. The summed E-state index contributed by atoms with van der Waals surface area (Å²) in [6.07, 6.45) is -0.124. The van der Waals surface area contributed by atoms with Crippen LogP contribution in [0.5, 0.6) is 23.0 Å². The molecule has 0 aliphatic carbocycles. The average Bonchev–Trinajstić information content (AvgIpc) is 3.13. The highest BCUT2D eigenvalue weighted by Crippen LogP contribution is 2.38. The van der Waals surface area contributed by atoms with Crippen LogP contribution in [0.25, 0.3) is 22.2 Å². The van der Waals surface area contributed by atoms with E-state index in [0.717, 1.165) is 27.9 Å². The third-order valence-corrected chi connectivity index (χ3v) is 5.02. The van der Waals surface area contributed by atoms with E-state index >= 15 is 0 Å². The van der Waals surface area contributed by atoms with Crippen molar-refractivity contribution >= 4 is 16.9 Å². The van der Waals surface area contributed by atoms with Crippen molar-refractivity contribution < 1.29 is 24.1 Å². The molecule has 6 nitrogen and oxygen atoms in total. The second kappa shape index (κ2) is 9.47. The van der Waals surface area contributed by atoms with Gasteiger partial charge in [0, 0.05) is 16.5 Å². The number of benzene rings is 3. The van der Waals surface area contributed by atoms with Crippen LogP contribution in [0, 0.1) is 0 Å². The standard InChI is InChI=1S/C26H25NO5/c1-3-30-23-13-10-17(14-24(23)31-4-2)26-21(16-25(28)29)20-15-19(11-12-22(20)27-26)32-18-8-6-5-7-9-18/h5-15,27H,3-4,16H2,1-2H3,(H,28,29). The van der Waals surface area contributed by atoms with Crippen molar-refractivity contribution in [3.05, 3.63) is 72.3 Å². The smallest absolute Gasteiger partial charge is 0.307 e. The van der Waals surface area contributed by atoms with Crippen LogP contribution in [0.2, 0.25) is 0 Å². The molecule has 4 aromatic rings. The highest BCUT2D eigenvalue weighted by atomic mass is 16.5. The third kappa shape index (κ3) is 4.54. The molecule has 1 heterocycles. The maximum Gasteiger partial charge on any atom is 0.307 e. The second-order valence-corrected chi connectivity index (χ2v) is 7.20. The Morgan fingerprint density at radius 3 is 2.34 bits per heavy atom. The minimum Gasteiger partial charge on any atom is -0.490 e. The summed E-state index contributed by atoms with van der Waals surface area (Å²) in [4.78, 5) is 15.1. The third-order valence-electron chi connectivity index (χ3n) is 5.02. The quantitative estimate of drug-likeness (QED) is 0.337. The highest BCUT2D eigenvalue weighted by molar-refractivity contribution is 5.95. The fourth-order valence-electron chi connectivity index (χ4n) is 3.70. The Bertz CT molecular complexity index is 1230. The first-order valence-corrected chi connectivity index (χ1v) is 10.6. The van der Waals surface area contributed by atoms with Gasteiger partial charge in [-0.1, -0.05) is 18.2 Å². The maximum absolute atomic E-state index is 11.7. The number of fused-ring (bicyclic) bond motifs is 1. The molecule has 32 heavy (non-hydrogen) atoms. The molecule has 0 radical (unpaired) electrons. The first-order valence-electron chi connectivity index (χ1n) is 10.6. The normalized spacial score (nSPS) is 10.8. The molecule has 4 rings (SSSR count). The number of carboxylic acid groups (broad SMARTS) is 1. The van der Waals surface area contributed by atoms with Crippen LogP contribution in [-0.4, -0.2) is 29.3 Å². The molecule has 0 aliphatic heterocycles. The summed E-state index contributed by atoms with van der Waals surface area (Å²) in [6.45, 7) is 4.86. The molecule has 0 fully saturated rings. The van der Waals surface area contributed by atoms with Gasteiger partial charge in [0.15, 0.2) is 11.5 Å². The van der Waals surface area contributed by atoms with Gasteiger partial charge in [-0.2, -0.15) is 0 Å². The number of aromatic nitrogens is 1. The number of aliphatic carboxylic acids is 1. The van der Waals surface area contributed by atoms with Gasteiger partial charge in [0.2, 0.25) is 0 Å². The van der Waals surface area contributed by atoms with E-state index in [-0.39, 0.29) is 6.42 Å². The summed E-state index contributed by atoms with van der Waals surface area (Å²) in [6, 6.07) is 20.8. The van der Waals surface area contributed by atoms with E-state index in [2.05, 4.69) is 4.98 Å². The summed E-state index contributed by atoms with van der Waals surface area (Å²) in [5.41, 5.74) is 3.10. The maximum atomic E-state index is 11.7. The van der Waals surface area contributed by atoms with Crippen LogP contribution in [0.3, 0.4) is 0 Å². The molecular weight excluding hydrogens is 406 g/mol. The molecule has 0 saturated heterocycles. The lowest BCUT2D eigenvalue weighted by Gasteiger charge is -2.12. The fraction of sp³-hybridized carbons (Fsp3) is 0.192. The van der Waals surface area contributed by atoms with Gasteiger partial charge in [-0.3, -0.25) is 4.79 Å². The summed E-state index contributed by atoms with van der Waals surface area (Å²) in [5, 5.41) is 10.4. The number of carbonyl (C=O) groups is 1. The predicted octanol–water partition coefficient (Wildman–Crippen LogP) is 6.05. The van der Waals surface area contributed by atoms with Crippen molar-refractivity contribution in [2.24, 2.45) is 0 Å². The number of rotatable bonds is 9. The van der Waals surface area contributed by atoms with E-state index in [1.807, 2.05) is 80.6 Å². The first-order chi connectivity index (χ1) is 15.6. The Labute approximate surface area is 186 Å². The molecule has 0 amide bonds. The lowest BCUT2D eigenvalue weighted by molar-refractivity contribution is -0.136. The number of ether oxygens (including phenoxy) is 3. The van der Waals surface area contributed by atoms with E-state index < -0.39 is 5.97 Å². The van der Waals surface area contributed by atoms with Crippen molar-refractivity contribution in [1.29, 1.82) is 0 Å². The van der Waals surface area contributed by atoms with Gasteiger partial charge in [0.05, 0.1) is 25.3 Å². The molecule has 1 aromatic heterocycles. The lowest BCUT2D eigenvalue weighted by Crippen LogP contribution is -2.02. The van der Waals surface area contributed by atoms with E-state index in [4.69, 9.17) is 14.2 Å². The lowest BCUT2D eigenvalue weighted by atomic mass is 10.0. The molecule has 0 unspecified atom stereocenters. The Kier molecular flexibility index (Phi) is 6.31. The number of carboxylic acids is 1. The Morgan fingerprint density at radius 2 is 1.62 bits per heavy atom. The van der Waals surface area contributed by atoms with Gasteiger partial charge >= 0.3 is 5.97 Å². The van der Waals surface area contributed by atoms with Crippen molar-refractivity contribution in [1.82, 2.24) is 4.98 Å². The molecule has 0 bridgehead atoms. The zero-order valence-corrected chi connectivity index (χ0v) is 18.1. The monoisotopic (exact) mass is 431 g/mol. The number of hydrogen-bond acceptors (Lipinski definition) is 4. The van der Waals surface area contributed by atoms with Crippen LogP contribution in [0.15, 0.2) is 66.7 Å². The van der Waals surface area contributed by atoms with Crippen molar-refractivity contribution in [3.63, 3.8) is 0 Å². The number of hydrogen-bond donors (Lipinski definition) is 2. The summed E-state index contributed by atoms with van der Waals surface area (Å²) >= 11 is 0. The topological polar surface area (TPSA) is 80.8 Å². The number of para-hydroxylation sites is 1. The first kappa shape index (κ1) is 21.3.